The molecule has 0 aliphatic heterocycles. The van der Waals surface area contributed by atoms with Crippen molar-refractivity contribution in [2.45, 2.75) is 11.5 Å². The molecule has 0 aromatic carbocycles. The fourth-order valence-electron chi connectivity index (χ4n) is 0.794. The van der Waals surface area contributed by atoms with Crippen LogP contribution in [0.15, 0.2) is 11.1 Å². The highest BCUT2D eigenvalue weighted by Crippen LogP contribution is 2.26. The first-order chi connectivity index (χ1) is 6.73. The van der Waals surface area contributed by atoms with Crippen LogP contribution in [-0.4, -0.2) is 13.4 Å². The Hall–Kier alpha value is 0.380. The van der Waals surface area contributed by atoms with Gasteiger partial charge in [0.1, 0.15) is 5.69 Å². The van der Waals surface area contributed by atoms with Gasteiger partial charge in [-0.1, -0.05) is 0 Å². The molecule has 1 aromatic heterocycles. The van der Waals surface area contributed by atoms with Crippen LogP contribution < -0.4 is 5.14 Å². The van der Waals surface area contributed by atoms with Gasteiger partial charge >= 0.3 is 0 Å². The summed E-state index contributed by atoms with van der Waals surface area (Å²) in [5, 5.41) is 4.34. The standard InChI is InChI=1S/C6H4F2I2N2O2S/c7-5(8)3-1-2(9)4(10)6(12-3)15(11,13)14/h1,5H,(H2,11,13,14). The minimum absolute atomic E-state index is 0.250. The Balaban J connectivity index is 3.52. The number of primary sulfonamides is 1. The summed E-state index contributed by atoms with van der Waals surface area (Å²) in [6, 6.07) is 1.13. The Labute approximate surface area is 112 Å². The van der Waals surface area contributed by atoms with Gasteiger partial charge < -0.3 is 0 Å². The highest BCUT2D eigenvalue weighted by molar-refractivity contribution is 14.1. The van der Waals surface area contributed by atoms with Crippen LogP contribution in [0.3, 0.4) is 0 Å². The number of pyridine rings is 1. The molecule has 0 bridgehead atoms. The Kier molecular flexibility index (Phi) is 4.22. The van der Waals surface area contributed by atoms with Gasteiger partial charge in [-0.2, -0.15) is 0 Å². The van der Waals surface area contributed by atoms with Crippen molar-refractivity contribution < 1.29 is 17.2 Å². The van der Waals surface area contributed by atoms with E-state index in [9.17, 15) is 17.2 Å². The van der Waals surface area contributed by atoms with Gasteiger partial charge in [0, 0.05) is 3.57 Å². The Morgan fingerprint density at radius 3 is 2.33 bits per heavy atom. The number of halogens is 4. The molecule has 0 spiro atoms. The van der Waals surface area contributed by atoms with Gasteiger partial charge in [0.2, 0.25) is 0 Å². The van der Waals surface area contributed by atoms with Crippen molar-refractivity contribution in [3.63, 3.8) is 0 Å². The van der Waals surface area contributed by atoms with Gasteiger partial charge in [-0.25, -0.2) is 27.3 Å². The molecule has 15 heavy (non-hydrogen) atoms. The van der Waals surface area contributed by atoms with Crippen molar-refractivity contribution in [1.29, 1.82) is 0 Å². The van der Waals surface area contributed by atoms with Gasteiger partial charge in [-0.15, -0.1) is 0 Å². The number of aromatic nitrogens is 1. The van der Waals surface area contributed by atoms with Crippen LogP contribution in [0.25, 0.3) is 0 Å². The molecule has 1 aromatic rings. The third-order valence-corrected chi connectivity index (χ3v) is 5.57. The lowest BCUT2D eigenvalue weighted by molar-refractivity contribution is 0.145. The fraction of sp³-hybridized carbons (Fsp3) is 0.167. The molecule has 0 radical (unpaired) electrons. The van der Waals surface area contributed by atoms with Crippen LogP contribution in [0.4, 0.5) is 8.78 Å². The highest BCUT2D eigenvalue weighted by Gasteiger charge is 2.21. The number of nitrogens with two attached hydrogens (primary N) is 1. The molecular formula is C6H4F2I2N2O2S. The van der Waals surface area contributed by atoms with Crippen molar-refractivity contribution in [2.24, 2.45) is 5.14 Å². The number of alkyl halides is 2. The third kappa shape index (κ3) is 3.17. The lowest BCUT2D eigenvalue weighted by Crippen LogP contribution is -2.17. The minimum Gasteiger partial charge on any atom is -0.233 e. The molecule has 0 aliphatic rings. The van der Waals surface area contributed by atoms with E-state index in [0.29, 0.717) is 3.57 Å². The second-order valence-electron chi connectivity index (χ2n) is 2.49. The van der Waals surface area contributed by atoms with Gasteiger partial charge in [-0.05, 0) is 51.2 Å². The van der Waals surface area contributed by atoms with E-state index in [2.05, 4.69) is 4.98 Å². The summed E-state index contributed by atoms with van der Waals surface area (Å²) in [6.45, 7) is 0. The zero-order valence-corrected chi connectivity index (χ0v) is 12.0. The highest BCUT2D eigenvalue weighted by atomic mass is 127. The SMILES string of the molecule is NS(=O)(=O)c1nc(C(F)F)cc(I)c1I. The number of sulfonamides is 1. The fourth-order valence-corrected chi connectivity index (χ4v) is 3.34. The molecule has 0 saturated heterocycles. The molecular weight excluding hydrogens is 456 g/mol. The van der Waals surface area contributed by atoms with E-state index in [-0.39, 0.29) is 3.57 Å². The van der Waals surface area contributed by atoms with Crippen LogP contribution in [0, 0.1) is 7.14 Å². The maximum Gasteiger partial charge on any atom is 0.280 e. The number of rotatable bonds is 2. The van der Waals surface area contributed by atoms with E-state index in [0.717, 1.165) is 6.07 Å². The van der Waals surface area contributed by atoms with Crippen LogP contribution >= 0.6 is 45.2 Å². The number of nitrogens with zero attached hydrogens (tertiary/aromatic N) is 1. The summed E-state index contributed by atoms with van der Waals surface area (Å²) < 4.78 is 47.4. The van der Waals surface area contributed by atoms with E-state index >= 15 is 0 Å². The van der Waals surface area contributed by atoms with Crippen molar-refractivity contribution in [3.8, 4) is 0 Å². The van der Waals surface area contributed by atoms with E-state index in [4.69, 9.17) is 5.14 Å². The van der Waals surface area contributed by atoms with Crippen molar-refractivity contribution in [3.05, 3.63) is 18.9 Å². The molecule has 0 unspecified atom stereocenters. The van der Waals surface area contributed by atoms with Gasteiger partial charge in [0.15, 0.2) is 5.03 Å². The molecule has 2 N–H and O–H groups in total. The van der Waals surface area contributed by atoms with Crippen molar-refractivity contribution >= 4 is 55.2 Å². The molecule has 4 nitrogen and oxygen atoms in total. The maximum atomic E-state index is 12.3. The normalized spacial score (nSPS) is 12.1. The second kappa shape index (κ2) is 4.71. The predicted octanol–water partition coefficient (Wildman–Crippen LogP) is 1.88. The van der Waals surface area contributed by atoms with E-state index in [1.54, 1.807) is 45.2 Å². The molecule has 0 amide bonds. The van der Waals surface area contributed by atoms with E-state index in [1.807, 2.05) is 0 Å². The third-order valence-electron chi connectivity index (χ3n) is 1.40. The Bertz CT molecular complexity index is 492. The molecule has 0 atom stereocenters. The van der Waals surface area contributed by atoms with E-state index < -0.39 is 27.2 Å². The molecule has 0 fully saturated rings. The first kappa shape index (κ1) is 13.4. The molecule has 0 aliphatic carbocycles. The average molecular weight is 460 g/mol. The van der Waals surface area contributed by atoms with Gasteiger partial charge in [0.05, 0.1) is 3.57 Å². The minimum atomic E-state index is -4.07. The topological polar surface area (TPSA) is 73.1 Å². The quantitative estimate of drug-likeness (QED) is 0.686. The smallest absolute Gasteiger partial charge is 0.233 e. The monoisotopic (exact) mass is 460 g/mol. The average Bonchev–Trinajstić information content (AvgIpc) is 2.06. The van der Waals surface area contributed by atoms with Crippen LogP contribution in [-0.2, 0) is 10.0 Å². The van der Waals surface area contributed by atoms with Crippen LogP contribution in [0.1, 0.15) is 12.1 Å². The molecule has 1 heterocycles. The molecule has 84 valence electrons. The first-order valence-corrected chi connectivity index (χ1v) is 7.10. The summed E-state index contributed by atoms with van der Waals surface area (Å²) in [5.41, 5.74) is -0.594. The van der Waals surface area contributed by atoms with Crippen LogP contribution in [0.2, 0.25) is 0 Å². The summed E-state index contributed by atoms with van der Waals surface area (Å²) in [4.78, 5) is 3.33. The summed E-state index contributed by atoms with van der Waals surface area (Å²) in [6.07, 6.45) is -2.82. The first-order valence-electron chi connectivity index (χ1n) is 3.40. The largest absolute Gasteiger partial charge is 0.280 e. The number of hydrogen-bond acceptors (Lipinski definition) is 3. The zero-order chi connectivity index (χ0) is 11.8. The lowest BCUT2D eigenvalue weighted by Gasteiger charge is -2.06. The summed E-state index contributed by atoms with van der Waals surface area (Å²) in [5.74, 6) is 0. The predicted molar refractivity (Wildman–Crippen MR) is 66.0 cm³/mol. The van der Waals surface area contributed by atoms with Gasteiger partial charge in [0.25, 0.3) is 16.4 Å². The summed E-state index contributed by atoms with van der Waals surface area (Å²) >= 11 is 3.44. The number of hydrogen-bond donors (Lipinski definition) is 1. The molecule has 0 saturated carbocycles. The molecule has 1 rings (SSSR count). The van der Waals surface area contributed by atoms with Crippen LogP contribution in [0.5, 0.6) is 0 Å². The maximum absolute atomic E-state index is 12.3. The van der Waals surface area contributed by atoms with E-state index in [1.165, 1.54) is 0 Å². The second-order valence-corrected chi connectivity index (χ2v) is 6.21. The zero-order valence-electron chi connectivity index (χ0n) is 6.92. The molecule has 9 heteroatoms. The van der Waals surface area contributed by atoms with Crippen molar-refractivity contribution in [1.82, 2.24) is 4.98 Å². The summed E-state index contributed by atoms with van der Waals surface area (Å²) in [7, 11) is -4.07. The van der Waals surface area contributed by atoms with Gasteiger partial charge in [-0.3, -0.25) is 0 Å². The Morgan fingerprint density at radius 2 is 1.93 bits per heavy atom. The Morgan fingerprint density at radius 1 is 1.40 bits per heavy atom. The lowest BCUT2D eigenvalue weighted by atomic mass is 10.4. The van der Waals surface area contributed by atoms with Crippen molar-refractivity contribution in [2.75, 3.05) is 0 Å².